The highest BCUT2D eigenvalue weighted by molar-refractivity contribution is 7.09. The molecule has 0 atom stereocenters. The Hall–Kier alpha value is -2.93. The van der Waals surface area contributed by atoms with Gasteiger partial charge in [0.05, 0.1) is 23.3 Å². The molecule has 1 amide bonds. The fraction of sp³-hybridized carbons (Fsp3) is 0.250. The molecule has 7 heteroatoms. The van der Waals surface area contributed by atoms with Gasteiger partial charge in [0.2, 0.25) is 0 Å². The number of H-pyrrole nitrogens is 1. The average molecular weight is 383 g/mol. The first-order chi connectivity index (χ1) is 12.9. The summed E-state index contributed by atoms with van der Waals surface area (Å²) in [6, 6.07) is 9.75. The number of nitrogens with one attached hydrogen (secondary N) is 1. The molecule has 140 valence electrons. The molecular formula is C20H21N3O3S. The lowest BCUT2D eigenvalue weighted by atomic mass is 10.1. The molecule has 2 N–H and O–H groups in total. The largest absolute Gasteiger partial charge is 0.477 e. The van der Waals surface area contributed by atoms with Crippen molar-refractivity contribution in [3.63, 3.8) is 0 Å². The number of carbonyl (C=O) groups excluding carboxylic acids is 1. The van der Waals surface area contributed by atoms with Crippen molar-refractivity contribution in [2.75, 3.05) is 0 Å². The van der Waals surface area contributed by atoms with Crippen LogP contribution in [0.25, 0.3) is 0 Å². The molecule has 0 bridgehead atoms. The summed E-state index contributed by atoms with van der Waals surface area (Å²) in [5, 5.41) is 9.34. The van der Waals surface area contributed by atoms with Crippen molar-refractivity contribution in [3.8, 4) is 0 Å². The summed E-state index contributed by atoms with van der Waals surface area (Å²) < 4.78 is 0. The molecule has 0 spiro atoms. The molecular weight excluding hydrogens is 362 g/mol. The standard InChI is InChI=1S/C20H21N3O3S/c1-12-17(14(3)22-18(12)20(25)26)19(24)23(9-15-7-5-4-6-8-15)10-16-13(2)21-11-27-16/h4-8,11,22H,9-10H2,1-3H3,(H,25,26). The van der Waals surface area contributed by atoms with Gasteiger partial charge in [0.25, 0.3) is 5.91 Å². The zero-order chi connectivity index (χ0) is 19.6. The number of rotatable bonds is 6. The molecule has 0 aliphatic carbocycles. The Morgan fingerprint density at radius 2 is 1.85 bits per heavy atom. The van der Waals surface area contributed by atoms with Crippen molar-refractivity contribution < 1.29 is 14.7 Å². The maximum atomic E-state index is 13.4. The summed E-state index contributed by atoms with van der Waals surface area (Å²) in [6.07, 6.45) is 0. The number of benzene rings is 1. The van der Waals surface area contributed by atoms with Gasteiger partial charge in [0.1, 0.15) is 5.69 Å². The highest BCUT2D eigenvalue weighted by Crippen LogP contribution is 2.24. The number of carboxylic acids is 1. The topological polar surface area (TPSA) is 86.3 Å². The lowest BCUT2D eigenvalue weighted by Gasteiger charge is -2.23. The van der Waals surface area contributed by atoms with Gasteiger partial charge in [0.15, 0.2) is 0 Å². The number of thiazole rings is 1. The van der Waals surface area contributed by atoms with E-state index in [-0.39, 0.29) is 11.6 Å². The Labute approximate surface area is 161 Å². The summed E-state index contributed by atoms with van der Waals surface area (Å²) in [4.78, 5) is 34.6. The summed E-state index contributed by atoms with van der Waals surface area (Å²) in [6.45, 7) is 6.18. The summed E-state index contributed by atoms with van der Waals surface area (Å²) in [5.74, 6) is -1.26. The second kappa shape index (κ2) is 7.75. The third kappa shape index (κ3) is 3.93. The van der Waals surface area contributed by atoms with E-state index in [1.54, 1.807) is 24.3 Å². The molecule has 3 aromatic rings. The number of carbonyl (C=O) groups is 2. The van der Waals surface area contributed by atoms with Gasteiger partial charge in [-0.3, -0.25) is 4.79 Å². The first-order valence-corrected chi connectivity index (χ1v) is 9.41. The van der Waals surface area contributed by atoms with E-state index in [0.29, 0.717) is 29.9 Å². The maximum absolute atomic E-state index is 13.4. The summed E-state index contributed by atoms with van der Waals surface area (Å²) in [5.41, 5.74) is 5.19. The van der Waals surface area contributed by atoms with E-state index < -0.39 is 5.97 Å². The van der Waals surface area contributed by atoms with Gasteiger partial charge < -0.3 is 15.0 Å². The van der Waals surface area contributed by atoms with E-state index >= 15 is 0 Å². The minimum atomic E-state index is -1.07. The quantitative estimate of drug-likeness (QED) is 0.675. The number of hydrogen-bond donors (Lipinski definition) is 2. The number of hydrogen-bond acceptors (Lipinski definition) is 4. The van der Waals surface area contributed by atoms with Gasteiger partial charge in [-0.1, -0.05) is 30.3 Å². The van der Waals surface area contributed by atoms with Crippen LogP contribution in [0.3, 0.4) is 0 Å². The summed E-state index contributed by atoms with van der Waals surface area (Å²) in [7, 11) is 0. The number of amides is 1. The zero-order valence-electron chi connectivity index (χ0n) is 15.4. The van der Waals surface area contributed by atoms with E-state index in [4.69, 9.17) is 0 Å². The molecule has 0 fully saturated rings. The Bertz CT molecular complexity index is 976. The molecule has 2 aromatic heterocycles. The molecule has 0 aliphatic rings. The number of aromatic nitrogens is 2. The van der Waals surface area contributed by atoms with Gasteiger partial charge in [-0.05, 0) is 31.9 Å². The molecule has 0 unspecified atom stereocenters. The Balaban J connectivity index is 1.98. The van der Waals surface area contributed by atoms with Crippen LogP contribution in [-0.4, -0.2) is 31.9 Å². The van der Waals surface area contributed by atoms with Crippen molar-refractivity contribution >= 4 is 23.2 Å². The van der Waals surface area contributed by atoms with Crippen LogP contribution in [0.5, 0.6) is 0 Å². The van der Waals surface area contributed by atoms with Crippen LogP contribution in [0, 0.1) is 20.8 Å². The van der Waals surface area contributed by atoms with E-state index in [2.05, 4.69) is 9.97 Å². The predicted molar refractivity (Wildman–Crippen MR) is 104 cm³/mol. The van der Waals surface area contributed by atoms with Crippen LogP contribution in [0.4, 0.5) is 0 Å². The van der Waals surface area contributed by atoms with Crippen LogP contribution >= 0.6 is 11.3 Å². The predicted octanol–water partition coefficient (Wildman–Crippen LogP) is 3.94. The molecule has 0 radical (unpaired) electrons. The van der Waals surface area contributed by atoms with E-state index in [1.165, 1.54) is 11.3 Å². The molecule has 27 heavy (non-hydrogen) atoms. The molecule has 0 saturated carbocycles. The summed E-state index contributed by atoms with van der Waals surface area (Å²) >= 11 is 1.51. The molecule has 3 rings (SSSR count). The number of aryl methyl sites for hydroxylation is 2. The molecule has 2 heterocycles. The van der Waals surface area contributed by atoms with Crippen LogP contribution < -0.4 is 0 Å². The number of aromatic amines is 1. The number of nitrogens with zero attached hydrogens (tertiary/aromatic N) is 2. The van der Waals surface area contributed by atoms with Crippen molar-refractivity contribution in [1.82, 2.24) is 14.9 Å². The lowest BCUT2D eigenvalue weighted by molar-refractivity contribution is 0.0690. The highest BCUT2D eigenvalue weighted by Gasteiger charge is 2.26. The van der Waals surface area contributed by atoms with E-state index in [1.807, 2.05) is 37.3 Å². The second-order valence-electron chi connectivity index (χ2n) is 6.44. The van der Waals surface area contributed by atoms with E-state index in [0.717, 1.165) is 16.1 Å². The smallest absolute Gasteiger partial charge is 0.352 e. The highest BCUT2D eigenvalue weighted by atomic mass is 32.1. The molecule has 6 nitrogen and oxygen atoms in total. The van der Waals surface area contributed by atoms with Gasteiger partial charge in [-0.2, -0.15) is 0 Å². The van der Waals surface area contributed by atoms with Crippen LogP contribution in [0.15, 0.2) is 35.8 Å². The normalized spacial score (nSPS) is 10.8. The van der Waals surface area contributed by atoms with Gasteiger partial charge in [-0.25, -0.2) is 9.78 Å². The molecule has 0 aliphatic heterocycles. The van der Waals surface area contributed by atoms with Gasteiger partial charge >= 0.3 is 5.97 Å². The molecule has 0 saturated heterocycles. The zero-order valence-corrected chi connectivity index (χ0v) is 16.3. The van der Waals surface area contributed by atoms with Crippen molar-refractivity contribution in [3.05, 3.63) is 74.5 Å². The number of aromatic carboxylic acids is 1. The monoisotopic (exact) mass is 383 g/mol. The van der Waals surface area contributed by atoms with Crippen molar-refractivity contribution in [2.24, 2.45) is 0 Å². The fourth-order valence-electron chi connectivity index (χ4n) is 3.10. The minimum absolute atomic E-state index is 0.0597. The maximum Gasteiger partial charge on any atom is 0.352 e. The van der Waals surface area contributed by atoms with Gasteiger partial charge in [-0.15, -0.1) is 11.3 Å². The van der Waals surface area contributed by atoms with Crippen LogP contribution in [-0.2, 0) is 13.1 Å². The number of carboxylic acid groups (broad SMARTS) is 1. The average Bonchev–Trinajstić information content (AvgIpc) is 3.17. The Morgan fingerprint density at radius 3 is 2.41 bits per heavy atom. The Morgan fingerprint density at radius 1 is 1.15 bits per heavy atom. The van der Waals surface area contributed by atoms with Crippen molar-refractivity contribution in [1.29, 1.82) is 0 Å². The van der Waals surface area contributed by atoms with Crippen LogP contribution in [0.1, 0.15) is 48.2 Å². The first kappa shape index (κ1) is 18.8. The second-order valence-corrected chi connectivity index (χ2v) is 7.38. The van der Waals surface area contributed by atoms with E-state index in [9.17, 15) is 14.7 Å². The molecule has 1 aromatic carbocycles. The Kier molecular flexibility index (Phi) is 5.41. The fourth-order valence-corrected chi connectivity index (χ4v) is 3.89. The third-order valence-electron chi connectivity index (χ3n) is 4.55. The lowest BCUT2D eigenvalue weighted by Crippen LogP contribution is -2.30. The first-order valence-electron chi connectivity index (χ1n) is 8.53. The van der Waals surface area contributed by atoms with Crippen LogP contribution in [0.2, 0.25) is 0 Å². The third-order valence-corrected chi connectivity index (χ3v) is 5.47. The minimum Gasteiger partial charge on any atom is -0.477 e. The SMILES string of the molecule is Cc1ncsc1CN(Cc1ccccc1)C(=O)c1c(C)[nH]c(C(=O)O)c1C. The van der Waals surface area contributed by atoms with Gasteiger partial charge in [0, 0.05) is 17.1 Å². The van der Waals surface area contributed by atoms with Crippen molar-refractivity contribution in [2.45, 2.75) is 33.9 Å².